The third-order valence-electron chi connectivity index (χ3n) is 2.34. The number of nitrogens with zero attached hydrogens (tertiary/aromatic N) is 1. The standard InChI is InChI=1S/C12H10FN3OS2/c1-6-15-10(5-19-6)12(17)16-7-2-3-9(13)8(4-7)11(14)18/h2-5H,1H3,(H2,14,18)(H,16,17). The molecule has 2 aromatic rings. The fraction of sp³-hybridized carbons (Fsp3) is 0.0833. The Labute approximate surface area is 118 Å². The number of amides is 1. The van der Waals surface area contributed by atoms with E-state index in [1.807, 2.05) is 6.92 Å². The van der Waals surface area contributed by atoms with E-state index >= 15 is 0 Å². The Morgan fingerprint density at radius 2 is 2.26 bits per heavy atom. The number of rotatable bonds is 3. The topological polar surface area (TPSA) is 68.0 Å². The second-order valence-corrected chi connectivity index (χ2v) is 5.27. The lowest BCUT2D eigenvalue weighted by Crippen LogP contribution is -2.15. The first-order valence-corrected chi connectivity index (χ1v) is 6.59. The van der Waals surface area contributed by atoms with Gasteiger partial charge in [0.05, 0.1) is 5.01 Å². The van der Waals surface area contributed by atoms with Crippen LogP contribution in [0.2, 0.25) is 0 Å². The zero-order chi connectivity index (χ0) is 14.0. The van der Waals surface area contributed by atoms with Gasteiger partial charge in [0, 0.05) is 16.6 Å². The molecule has 19 heavy (non-hydrogen) atoms. The van der Waals surface area contributed by atoms with Crippen LogP contribution >= 0.6 is 23.6 Å². The van der Waals surface area contributed by atoms with Gasteiger partial charge in [0.25, 0.3) is 5.91 Å². The van der Waals surface area contributed by atoms with Gasteiger partial charge in [0.15, 0.2) is 0 Å². The van der Waals surface area contributed by atoms with Crippen molar-refractivity contribution >= 4 is 40.1 Å². The molecule has 0 spiro atoms. The monoisotopic (exact) mass is 295 g/mol. The number of aromatic nitrogens is 1. The van der Waals surface area contributed by atoms with Gasteiger partial charge in [0.1, 0.15) is 16.5 Å². The summed E-state index contributed by atoms with van der Waals surface area (Å²) < 4.78 is 13.4. The molecule has 0 fully saturated rings. The van der Waals surface area contributed by atoms with Crippen LogP contribution < -0.4 is 11.1 Å². The number of nitrogens with one attached hydrogen (secondary N) is 1. The summed E-state index contributed by atoms with van der Waals surface area (Å²) in [5.74, 6) is -0.875. The second kappa shape index (κ2) is 5.41. The Morgan fingerprint density at radius 3 is 2.84 bits per heavy atom. The molecule has 0 radical (unpaired) electrons. The second-order valence-electron chi connectivity index (χ2n) is 3.76. The predicted molar refractivity (Wildman–Crippen MR) is 77.1 cm³/mol. The van der Waals surface area contributed by atoms with Crippen molar-refractivity contribution in [3.8, 4) is 0 Å². The Hall–Kier alpha value is -1.86. The van der Waals surface area contributed by atoms with Crippen molar-refractivity contribution in [2.45, 2.75) is 6.92 Å². The summed E-state index contributed by atoms with van der Waals surface area (Å²) in [4.78, 5) is 15.9. The number of anilines is 1. The van der Waals surface area contributed by atoms with Crippen molar-refractivity contribution in [1.29, 1.82) is 0 Å². The van der Waals surface area contributed by atoms with E-state index < -0.39 is 5.82 Å². The predicted octanol–water partition coefficient (Wildman–Crippen LogP) is 2.48. The summed E-state index contributed by atoms with van der Waals surface area (Å²) in [6.07, 6.45) is 0. The molecule has 0 aliphatic rings. The van der Waals surface area contributed by atoms with E-state index in [1.165, 1.54) is 29.5 Å². The summed E-state index contributed by atoms with van der Waals surface area (Å²) >= 11 is 6.12. The van der Waals surface area contributed by atoms with Crippen LogP contribution in [0.25, 0.3) is 0 Å². The summed E-state index contributed by atoms with van der Waals surface area (Å²) in [5, 5.41) is 5.07. The maximum atomic E-state index is 13.4. The summed E-state index contributed by atoms with van der Waals surface area (Å²) in [5.41, 5.74) is 6.24. The van der Waals surface area contributed by atoms with Crippen molar-refractivity contribution in [3.05, 3.63) is 45.7 Å². The van der Waals surface area contributed by atoms with Crippen molar-refractivity contribution in [3.63, 3.8) is 0 Å². The minimum atomic E-state index is -0.519. The van der Waals surface area contributed by atoms with Crippen LogP contribution in [-0.2, 0) is 0 Å². The lowest BCUT2D eigenvalue weighted by Gasteiger charge is -2.06. The summed E-state index contributed by atoms with van der Waals surface area (Å²) in [6, 6.07) is 4.04. The van der Waals surface area contributed by atoms with Crippen molar-refractivity contribution in [2.75, 3.05) is 5.32 Å². The lowest BCUT2D eigenvalue weighted by molar-refractivity contribution is 0.102. The number of hydrogen-bond donors (Lipinski definition) is 2. The average Bonchev–Trinajstić information content (AvgIpc) is 2.78. The van der Waals surface area contributed by atoms with Crippen LogP contribution in [0.15, 0.2) is 23.6 Å². The van der Waals surface area contributed by atoms with Crippen molar-refractivity contribution in [1.82, 2.24) is 4.98 Å². The molecule has 0 aliphatic carbocycles. The van der Waals surface area contributed by atoms with Crippen LogP contribution in [0, 0.1) is 12.7 Å². The molecular formula is C12H10FN3OS2. The van der Waals surface area contributed by atoms with E-state index in [0.717, 1.165) is 5.01 Å². The normalized spacial score (nSPS) is 10.2. The van der Waals surface area contributed by atoms with Gasteiger partial charge in [0.2, 0.25) is 0 Å². The number of carbonyl (C=O) groups excluding carboxylic acids is 1. The largest absolute Gasteiger partial charge is 0.389 e. The zero-order valence-corrected chi connectivity index (χ0v) is 11.6. The third kappa shape index (κ3) is 3.12. The van der Waals surface area contributed by atoms with E-state index in [4.69, 9.17) is 18.0 Å². The van der Waals surface area contributed by atoms with Crippen LogP contribution in [0.1, 0.15) is 21.1 Å². The maximum Gasteiger partial charge on any atom is 0.275 e. The molecule has 1 aromatic carbocycles. The minimum absolute atomic E-state index is 0.0573. The van der Waals surface area contributed by atoms with Crippen LogP contribution in [0.4, 0.5) is 10.1 Å². The van der Waals surface area contributed by atoms with Gasteiger partial charge in [-0.05, 0) is 25.1 Å². The molecule has 1 aromatic heterocycles. The van der Waals surface area contributed by atoms with Crippen LogP contribution in [-0.4, -0.2) is 15.9 Å². The highest BCUT2D eigenvalue weighted by Gasteiger charge is 2.11. The van der Waals surface area contributed by atoms with Gasteiger partial charge >= 0.3 is 0 Å². The first-order valence-electron chi connectivity index (χ1n) is 5.30. The smallest absolute Gasteiger partial charge is 0.275 e. The molecule has 0 saturated heterocycles. The minimum Gasteiger partial charge on any atom is -0.389 e. The highest BCUT2D eigenvalue weighted by atomic mass is 32.1. The molecule has 0 aliphatic heterocycles. The Kier molecular flexibility index (Phi) is 3.87. The number of thiocarbonyl (C=S) groups is 1. The van der Waals surface area contributed by atoms with E-state index in [-0.39, 0.29) is 16.5 Å². The molecule has 3 N–H and O–H groups in total. The fourth-order valence-electron chi connectivity index (χ4n) is 1.45. The van der Waals surface area contributed by atoms with Crippen LogP contribution in [0.5, 0.6) is 0 Å². The number of aryl methyl sites for hydroxylation is 1. The number of hydrogen-bond acceptors (Lipinski definition) is 4. The molecule has 7 heteroatoms. The fourth-order valence-corrected chi connectivity index (χ4v) is 2.20. The Morgan fingerprint density at radius 1 is 1.53 bits per heavy atom. The van der Waals surface area contributed by atoms with Gasteiger partial charge in [-0.25, -0.2) is 9.37 Å². The Bertz CT molecular complexity index is 654. The number of nitrogens with two attached hydrogens (primary N) is 1. The SMILES string of the molecule is Cc1nc(C(=O)Nc2ccc(F)c(C(N)=S)c2)cs1. The summed E-state index contributed by atoms with van der Waals surface area (Å²) in [6.45, 7) is 1.81. The molecule has 1 amide bonds. The lowest BCUT2D eigenvalue weighted by atomic mass is 10.2. The highest BCUT2D eigenvalue weighted by Crippen LogP contribution is 2.16. The first kappa shape index (κ1) is 13.6. The van der Waals surface area contributed by atoms with Crippen molar-refractivity contribution in [2.24, 2.45) is 5.73 Å². The molecule has 2 rings (SSSR count). The van der Waals surface area contributed by atoms with Crippen molar-refractivity contribution < 1.29 is 9.18 Å². The number of carbonyl (C=O) groups is 1. The summed E-state index contributed by atoms with van der Waals surface area (Å²) in [7, 11) is 0. The molecule has 98 valence electrons. The van der Waals surface area contributed by atoms with E-state index in [2.05, 4.69) is 10.3 Å². The zero-order valence-electron chi connectivity index (χ0n) is 9.94. The van der Waals surface area contributed by atoms with E-state index in [1.54, 1.807) is 5.38 Å². The molecule has 1 heterocycles. The molecule has 0 unspecified atom stereocenters. The Balaban J connectivity index is 2.22. The van der Waals surface area contributed by atoms with Gasteiger partial charge in [-0.2, -0.15) is 0 Å². The molecule has 0 saturated carbocycles. The van der Waals surface area contributed by atoms with Gasteiger partial charge < -0.3 is 11.1 Å². The van der Waals surface area contributed by atoms with Gasteiger partial charge in [-0.15, -0.1) is 11.3 Å². The number of halogens is 1. The van der Waals surface area contributed by atoms with E-state index in [0.29, 0.717) is 11.4 Å². The van der Waals surface area contributed by atoms with Crippen LogP contribution in [0.3, 0.4) is 0 Å². The quantitative estimate of drug-likeness (QED) is 0.854. The molecule has 4 nitrogen and oxygen atoms in total. The van der Waals surface area contributed by atoms with Gasteiger partial charge in [-0.3, -0.25) is 4.79 Å². The maximum absolute atomic E-state index is 13.4. The molecule has 0 bridgehead atoms. The number of benzene rings is 1. The highest BCUT2D eigenvalue weighted by molar-refractivity contribution is 7.80. The first-order chi connectivity index (χ1) is 8.97. The van der Waals surface area contributed by atoms with E-state index in [9.17, 15) is 9.18 Å². The molecular weight excluding hydrogens is 285 g/mol. The third-order valence-corrected chi connectivity index (χ3v) is 3.33. The number of thiazole rings is 1. The van der Waals surface area contributed by atoms with Gasteiger partial charge in [-0.1, -0.05) is 12.2 Å². The average molecular weight is 295 g/mol. The molecule has 0 atom stereocenters.